The molecule has 0 saturated carbocycles. The van der Waals surface area contributed by atoms with Gasteiger partial charge in [-0.1, -0.05) is 22.0 Å². The zero-order valence-electron chi connectivity index (χ0n) is 13.4. The SMILES string of the molecule is Cc1nn(C(C)C(=O)Nc2ccc(Br)c3cccnc23)cc1[N+](=O)[O-]. The number of nitro groups is 1. The van der Waals surface area contributed by atoms with E-state index in [1.54, 1.807) is 19.2 Å². The molecule has 0 spiro atoms. The molecule has 9 heteroatoms. The molecule has 0 radical (unpaired) electrons. The van der Waals surface area contributed by atoms with Gasteiger partial charge in [-0.15, -0.1) is 0 Å². The Hall–Kier alpha value is -2.81. The van der Waals surface area contributed by atoms with Crippen LogP contribution in [0.3, 0.4) is 0 Å². The molecular weight excluding hydrogens is 390 g/mol. The molecule has 3 aromatic rings. The fourth-order valence-electron chi connectivity index (χ4n) is 2.45. The van der Waals surface area contributed by atoms with Gasteiger partial charge in [0.05, 0.1) is 16.1 Å². The van der Waals surface area contributed by atoms with E-state index in [9.17, 15) is 14.9 Å². The molecule has 25 heavy (non-hydrogen) atoms. The van der Waals surface area contributed by atoms with Gasteiger partial charge in [0, 0.05) is 16.1 Å². The summed E-state index contributed by atoms with van der Waals surface area (Å²) in [6, 6.07) is 6.57. The first-order valence-corrected chi connectivity index (χ1v) is 8.22. The lowest BCUT2D eigenvalue weighted by molar-refractivity contribution is -0.385. The van der Waals surface area contributed by atoms with Crippen LogP contribution < -0.4 is 5.32 Å². The van der Waals surface area contributed by atoms with Crippen LogP contribution in [0.5, 0.6) is 0 Å². The number of hydrogen-bond acceptors (Lipinski definition) is 5. The predicted molar refractivity (Wildman–Crippen MR) is 96.4 cm³/mol. The predicted octanol–water partition coefficient (Wildman–Crippen LogP) is 3.61. The number of rotatable bonds is 4. The third kappa shape index (κ3) is 3.22. The van der Waals surface area contributed by atoms with Crippen molar-refractivity contribution in [3.8, 4) is 0 Å². The zero-order chi connectivity index (χ0) is 18.1. The number of amides is 1. The average Bonchev–Trinajstić information content (AvgIpc) is 2.99. The Labute approximate surface area is 151 Å². The second-order valence-corrected chi connectivity index (χ2v) is 6.35. The average molecular weight is 404 g/mol. The molecule has 0 bridgehead atoms. The van der Waals surface area contributed by atoms with Gasteiger partial charge in [-0.05, 0) is 32.0 Å². The number of anilines is 1. The van der Waals surface area contributed by atoms with Gasteiger partial charge in [0.15, 0.2) is 0 Å². The molecule has 0 aliphatic rings. The van der Waals surface area contributed by atoms with Gasteiger partial charge in [-0.3, -0.25) is 24.6 Å². The fourth-order valence-corrected chi connectivity index (χ4v) is 2.90. The van der Waals surface area contributed by atoms with Crippen LogP contribution in [0.4, 0.5) is 11.4 Å². The monoisotopic (exact) mass is 403 g/mol. The molecule has 0 aliphatic heterocycles. The van der Waals surface area contributed by atoms with Gasteiger partial charge in [0.25, 0.3) is 0 Å². The maximum absolute atomic E-state index is 12.6. The second-order valence-electron chi connectivity index (χ2n) is 5.50. The summed E-state index contributed by atoms with van der Waals surface area (Å²) in [6.45, 7) is 3.16. The minimum atomic E-state index is -0.713. The van der Waals surface area contributed by atoms with E-state index in [2.05, 4.69) is 31.3 Å². The van der Waals surface area contributed by atoms with E-state index >= 15 is 0 Å². The number of nitrogens with one attached hydrogen (secondary N) is 1. The summed E-state index contributed by atoms with van der Waals surface area (Å²) in [6.07, 6.45) is 2.91. The lowest BCUT2D eigenvalue weighted by atomic mass is 10.2. The van der Waals surface area contributed by atoms with E-state index in [0.29, 0.717) is 11.2 Å². The number of hydrogen-bond donors (Lipinski definition) is 1. The van der Waals surface area contributed by atoms with Crippen molar-refractivity contribution in [2.24, 2.45) is 0 Å². The number of benzene rings is 1. The molecule has 3 rings (SSSR count). The molecule has 2 heterocycles. The Balaban J connectivity index is 1.89. The molecule has 0 aliphatic carbocycles. The summed E-state index contributed by atoms with van der Waals surface area (Å²) >= 11 is 3.46. The molecular formula is C16H14BrN5O3. The Morgan fingerprint density at radius 1 is 1.40 bits per heavy atom. The Kier molecular flexibility index (Phi) is 4.49. The van der Waals surface area contributed by atoms with Crippen LogP contribution in [-0.2, 0) is 4.79 Å². The van der Waals surface area contributed by atoms with Gasteiger partial charge in [-0.25, -0.2) is 0 Å². The van der Waals surface area contributed by atoms with E-state index in [4.69, 9.17) is 0 Å². The first-order valence-electron chi connectivity index (χ1n) is 7.42. The molecule has 1 atom stereocenters. The third-order valence-electron chi connectivity index (χ3n) is 3.84. The second kappa shape index (κ2) is 6.60. The van der Waals surface area contributed by atoms with Crippen molar-refractivity contribution in [3.63, 3.8) is 0 Å². The molecule has 1 aromatic carbocycles. The third-order valence-corrected chi connectivity index (χ3v) is 4.53. The molecule has 8 nitrogen and oxygen atoms in total. The maximum Gasteiger partial charge on any atom is 0.309 e. The number of aromatic nitrogens is 3. The van der Waals surface area contributed by atoms with E-state index in [0.717, 1.165) is 9.86 Å². The van der Waals surface area contributed by atoms with Crippen molar-refractivity contribution in [1.29, 1.82) is 0 Å². The normalized spacial score (nSPS) is 12.1. The Bertz CT molecular complexity index is 985. The number of aryl methyl sites for hydroxylation is 1. The molecule has 0 fully saturated rings. The van der Waals surface area contributed by atoms with Crippen LogP contribution in [-0.4, -0.2) is 25.6 Å². The largest absolute Gasteiger partial charge is 0.322 e. The number of fused-ring (bicyclic) bond motifs is 1. The number of nitrogens with zero attached hydrogens (tertiary/aromatic N) is 4. The van der Waals surface area contributed by atoms with E-state index in [1.165, 1.54) is 17.8 Å². The topological polar surface area (TPSA) is 103 Å². The van der Waals surface area contributed by atoms with Gasteiger partial charge in [0.2, 0.25) is 5.91 Å². The molecule has 2 aromatic heterocycles. The lowest BCUT2D eigenvalue weighted by Crippen LogP contribution is -2.24. The highest BCUT2D eigenvalue weighted by atomic mass is 79.9. The van der Waals surface area contributed by atoms with Crippen LogP contribution in [0, 0.1) is 17.0 Å². The highest BCUT2D eigenvalue weighted by Crippen LogP contribution is 2.29. The summed E-state index contributed by atoms with van der Waals surface area (Å²) in [5.41, 5.74) is 1.37. The number of halogens is 1. The lowest BCUT2D eigenvalue weighted by Gasteiger charge is -2.14. The summed E-state index contributed by atoms with van der Waals surface area (Å²) in [5.74, 6) is -0.341. The minimum Gasteiger partial charge on any atom is -0.322 e. The number of carbonyl (C=O) groups excluding carboxylic acids is 1. The van der Waals surface area contributed by atoms with Gasteiger partial charge < -0.3 is 5.32 Å². The van der Waals surface area contributed by atoms with Gasteiger partial charge in [0.1, 0.15) is 17.9 Å². The van der Waals surface area contributed by atoms with E-state index in [1.807, 2.05) is 18.2 Å². The standard InChI is InChI=1S/C16H14BrN5O3/c1-9-14(22(24)25)8-21(20-9)10(2)16(23)19-13-6-5-12(17)11-4-3-7-18-15(11)13/h3-8,10H,1-2H3,(H,19,23). The number of carbonyl (C=O) groups is 1. The van der Waals surface area contributed by atoms with Crippen molar-refractivity contribution >= 4 is 44.1 Å². The molecule has 1 amide bonds. The van der Waals surface area contributed by atoms with Crippen molar-refractivity contribution < 1.29 is 9.72 Å². The van der Waals surface area contributed by atoms with Crippen LogP contribution in [0.25, 0.3) is 10.9 Å². The van der Waals surface area contributed by atoms with Crippen LogP contribution in [0.2, 0.25) is 0 Å². The minimum absolute atomic E-state index is 0.115. The zero-order valence-corrected chi connectivity index (χ0v) is 15.0. The maximum atomic E-state index is 12.6. The van der Waals surface area contributed by atoms with Gasteiger partial charge in [-0.2, -0.15) is 5.10 Å². The van der Waals surface area contributed by atoms with Crippen LogP contribution >= 0.6 is 15.9 Å². The summed E-state index contributed by atoms with van der Waals surface area (Å²) in [5, 5.41) is 18.7. The summed E-state index contributed by atoms with van der Waals surface area (Å²) in [4.78, 5) is 27.3. The quantitative estimate of drug-likeness (QED) is 0.529. The van der Waals surface area contributed by atoms with Gasteiger partial charge >= 0.3 is 5.69 Å². The van der Waals surface area contributed by atoms with Crippen LogP contribution in [0.15, 0.2) is 41.1 Å². The summed E-state index contributed by atoms with van der Waals surface area (Å²) in [7, 11) is 0. The molecule has 0 saturated heterocycles. The smallest absolute Gasteiger partial charge is 0.309 e. The van der Waals surface area contributed by atoms with E-state index < -0.39 is 11.0 Å². The number of pyridine rings is 1. The molecule has 128 valence electrons. The molecule has 1 N–H and O–H groups in total. The Morgan fingerprint density at radius 3 is 2.84 bits per heavy atom. The van der Waals surface area contributed by atoms with Crippen molar-refractivity contribution in [3.05, 3.63) is 56.9 Å². The van der Waals surface area contributed by atoms with Crippen LogP contribution in [0.1, 0.15) is 18.7 Å². The molecule has 1 unspecified atom stereocenters. The van der Waals surface area contributed by atoms with Crippen molar-refractivity contribution in [2.75, 3.05) is 5.32 Å². The fraction of sp³-hybridized carbons (Fsp3) is 0.188. The highest BCUT2D eigenvalue weighted by Gasteiger charge is 2.22. The summed E-state index contributed by atoms with van der Waals surface area (Å²) < 4.78 is 2.16. The van der Waals surface area contributed by atoms with Crippen molar-refractivity contribution in [1.82, 2.24) is 14.8 Å². The van der Waals surface area contributed by atoms with E-state index in [-0.39, 0.29) is 17.3 Å². The first kappa shape index (κ1) is 17.0. The van der Waals surface area contributed by atoms with Crippen molar-refractivity contribution in [2.45, 2.75) is 19.9 Å². The Morgan fingerprint density at radius 2 is 2.16 bits per heavy atom. The highest BCUT2D eigenvalue weighted by molar-refractivity contribution is 9.10. The first-order chi connectivity index (χ1) is 11.9.